The highest BCUT2D eigenvalue weighted by molar-refractivity contribution is 6.31. The predicted molar refractivity (Wildman–Crippen MR) is 42.7 cm³/mol. The number of halogens is 3. The second-order valence-corrected chi connectivity index (χ2v) is 2.94. The zero-order valence-electron chi connectivity index (χ0n) is 6.81. The predicted octanol–water partition coefficient (Wildman–Crippen LogP) is 2.42. The number of hydrogen-bond acceptors (Lipinski definition) is 1. The SMILES string of the molecule is Cc1nn(CC(F)F)c(C)c1Cl. The summed E-state index contributed by atoms with van der Waals surface area (Å²) in [5.41, 5.74) is 1.18. The molecule has 0 atom stereocenters. The molecule has 0 saturated carbocycles. The minimum atomic E-state index is -2.39. The van der Waals surface area contributed by atoms with Gasteiger partial charge in [0, 0.05) is 0 Å². The van der Waals surface area contributed by atoms with E-state index >= 15 is 0 Å². The van der Waals surface area contributed by atoms with Crippen molar-refractivity contribution in [1.29, 1.82) is 0 Å². The van der Waals surface area contributed by atoms with E-state index in [1.54, 1.807) is 13.8 Å². The summed E-state index contributed by atoms with van der Waals surface area (Å²) in [7, 11) is 0. The van der Waals surface area contributed by atoms with Gasteiger partial charge in [0.1, 0.15) is 6.54 Å². The van der Waals surface area contributed by atoms with Crippen LogP contribution in [0.4, 0.5) is 8.78 Å². The third kappa shape index (κ3) is 1.75. The summed E-state index contributed by atoms with van der Waals surface area (Å²) in [6, 6.07) is 0. The summed E-state index contributed by atoms with van der Waals surface area (Å²) < 4.78 is 25.1. The van der Waals surface area contributed by atoms with Gasteiger partial charge in [0.2, 0.25) is 0 Å². The van der Waals surface area contributed by atoms with Gasteiger partial charge in [-0.3, -0.25) is 4.68 Å². The quantitative estimate of drug-likeness (QED) is 0.707. The van der Waals surface area contributed by atoms with Crippen LogP contribution in [0.1, 0.15) is 11.4 Å². The van der Waals surface area contributed by atoms with Crippen LogP contribution in [0.5, 0.6) is 0 Å². The Balaban J connectivity index is 2.93. The van der Waals surface area contributed by atoms with Crippen molar-refractivity contribution in [3.05, 3.63) is 16.4 Å². The van der Waals surface area contributed by atoms with E-state index in [-0.39, 0.29) is 6.54 Å². The lowest BCUT2D eigenvalue weighted by Crippen LogP contribution is -2.09. The van der Waals surface area contributed by atoms with Gasteiger partial charge in [-0.05, 0) is 13.8 Å². The molecule has 1 heterocycles. The van der Waals surface area contributed by atoms with Crippen molar-refractivity contribution in [2.75, 3.05) is 0 Å². The molecule has 0 aliphatic rings. The van der Waals surface area contributed by atoms with Crippen molar-refractivity contribution < 1.29 is 8.78 Å². The lowest BCUT2D eigenvalue weighted by molar-refractivity contribution is 0.121. The normalized spacial score (nSPS) is 11.2. The van der Waals surface area contributed by atoms with Crippen LogP contribution in [0.25, 0.3) is 0 Å². The van der Waals surface area contributed by atoms with E-state index in [4.69, 9.17) is 11.6 Å². The van der Waals surface area contributed by atoms with Gasteiger partial charge >= 0.3 is 0 Å². The zero-order valence-corrected chi connectivity index (χ0v) is 7.57. The van der Waals surface area contributed by atoms with Crippen molar-refractivity contribution in [3.8, 4) is 0 Å². The molecule has 2 nitrogen and oxygen atoms in total. The second-order valence-electron chi connectivity index (χ2n) is 2.56. The van der Waals surface area contributed by atoms with Gasteiger partial charge in [-0.1, -0.05) is 11.6 Å². The second kappa shape index (κ2) is 3.39. The molecule has 0 aliphatic heterocycles. The molecule has 0 bridgehead atoms. The fourth-order valence-corrected chi connectivity index (χ4v) is 1.12. The first kappa shape index (κ1) is 9.45. The van der Waals surface area contributed by atoms with Crippen molar-refractivity contribution >= 4 is 11.6 Å². The third-order valence-electron chi connectivity index (χ3n) is 1.60. The number of nitrogens with zero attached hydrogens (tertiary/aromatic N) is 2. The molecule has 0 spiro atoms. The van der Waals surface area contributed by atoms with Gasteiger partial charge in [-0.15, -0.1) is 0 Å². The number of aromatic nitrogens is 2. The highest BCUT2D eigenvalue weighted by Crippen LogP contribution is 2.19. The highest BCUT2D eigenvalue weighted by Gasteiger charge is 2.12. The minimum Gasteiger partial charge on any atom is -0.262 e. The molecule has 5 heteroatoms. The number of rotatable bonds is 2. The Bertz CT molecular complexity index is 283. The smallest absolute Gasteiger partial charge is 0.257 e. The Hall–Kier alpha value is -0.640. The van der Waals surface area contributed by atoms with E-state index in [0.29, 0.717) is 16.4 Å². The van der Waals surface area contributed by atoms with Crippen molar-refractivity contribution in [2.24, 2.45) is 0 Å². The van der Waals surface area contributed by atoms with Crippen molar-refractivity contribution in [2.45, 2.75) is 26.8 Å². The van der Waals surface area contributed by atoms with E-state index < -0.39 is 6.43 Å². The van der Waals surface area contributed by atoms with Gasteiger partial charge in [0.25, 0.3) is 6.43 Å². The van der Waals surface area contributed by atoms with Crippen LogP contribution in [0.15, 0.2) is 0 Å². The van der Waals surface area contributed by atoms with Crippen LogP contribution in [0, 0.1) is 13.8 Å². The Morgan fingerprint density at radius 3 is 2.42 bits per heavy atom. The van der Waals surface area contributed by atoms with Crippen molar-refractivity contribution in [3.63, 3.8) is 0 Å². The molecule has 68 valence electrons. The summed E-state index contributed by atoms with van der Waals surface area (Å²) in [6.07, 6.45) is -2.39. The molecular weight excluding hydrogens is 186 g/mol. The van der Waals surface area contributed by atoms with Gasteiger partial charge in [0.05, 0.1) is 16.4 Å². The molecule has 0 aromatic carbocycles. The van der Waals surface area contributed by atoms with Crippen molar-refractivity contribution in [1.82, 2.24) is 9.78 Å². The molecule has 1 aromatic rings. The van der Waals surface area contributed by atoms with Crippen LogP contribution in [-0.2, 0) is 6.54 Å². The fourth-order valence-electron chi connectivity index (χ4n) is 0.984. The molecule has 0 N–H and O–H groups in total. The van der Waals surface area contributed by atoms with Gasteiger partial charge in [-0.2, -0.15) is 5.10 Å². The summed E-state index contributed by atoms with van der Waals surface area (Å²) in [5.74, 6) is 0. The lowest BCUT2D eigenvalue weighted by atomic mass is 10.4. The topological polar surface area (TPSA) is 17.8 Å². The van der Waals surface area contributed by atoms with Gasteiger partial charge in [-0.25, -0.2) is 8.78 Å². The lowest BCUT2D eigenvalue weighted by Gasteiger charge is -2.01. The molecule has 1 aromatic heterocycles. The third-order valence-corrected chi connectivity index (χ3v) is 2.15. The van der Waals surface area contributed by atoms with Crippen LogP contribution in [0.3, 0.4) is 0 Å². The largest absolute Gasteiger partial charge is 0.262 e. The number of aryl methyl sites for hydroxylation is 1. The Labute approximate surface area is 74.1 Å². The maximum Gasteiger partial charge on any atom is 0.257 e. The van der Waals surface area contributed by atoms with Gasteiger partial charge in [0.15, 0.2) is 0 Å². The molecule has 0 unspecified atom stereocenters. The van der Waals surface area contributed by atoms with Crippen LogP contribution in [0.2, 0.25) is 5.02 Å². The Morgan fingerprint density at radius 2 is 2.08 bits per heavy atom. The maximum absolute atomic E-state index is 11.9. The number of hydrogen-bond donors (Lipinski definition) is 0. The molecular formula is C7H9ClF2N2. The van der Waals surface area contributed by atoms with E-state index in [2.05, 4.69) is 5.10 Å². The molecule has 1 rings (SSSR count). The van der Waals surface area contributed by atoms with E-state index in [1.807, 2.05) is 0 Å². The monoisotopic (exact) mass is 194 g/mol. The van der Waals surface area contributed by atoms with Crippen LogP contribution in [-0.4, -0.2) is 16.2 Å². The summed E-state index contributed by atoms with van der Waals surface area (Å²) in [6.45, 7) is 2.97. The molecule has 0 aliphatic carbocycles. The first-order valence-electron chi connectivity index (χ1n) is 3.50. The summed E-state index contributed by atoms with van der Waals surface area (Å²) >= 11 is 5.75. The standard InChI is InChI=1S/C7H9ClF2N2/c1-4-7(8)5(2)12(11-4)3-6(9)10/h6H,3H2,1-2H3. The first-order valence-corrected chi connectivity index (χ1v) is 3.88. The maximum atomic E-state index is 11.9. The van der Waals surface area contributed by atoms with E-state index in [9.17, 15) is 8.78 Å². The van der Waals surface area contributed by atoms with E-state index in [0.717, 1.165) is 0 Å². The summed E-state index contributed by atoms with van der Waals surface area (Å²) in [4.78, 5) is 0. The molecule has 0 saturated heterocycles. The molecule has 0 fully saturated rings. The summed E-state index contributed by atoms with van der Waals surface area (Å²) in [5, 5.41) is 4.32. The molecule has 12 heavy (non-hydrogen) atoms. The average molecular weight is 195 g/mol. The van der Waals surface area contributed by atoms with Gasteiger partial charge < -0.3 is 0 Å². The first-order chi connectivity index (χ1) is 5.52. The minimum absolute atomic E-state index is 0.389. The molecule has 0 radical (unpaired) electrons. The molecule has 0 amide bonds. The number of alkyl halides is 2. The average Bonchev–Trinajstić information content (AvgIpc) is 2.17. The zero-order chi connectivity index (χ0) is 9.30. The fraction of sp³-hybridized carbons (Fsp3) is 0.571. The Kier molecular flexibility index (Phi) is 2.67. The van der Waals surface area contributed by atoms with Crippen LogP contribution < -0.4 is 0 Å². The Morgan fingerprint density at radius 1 is 1.50 bits per heavy atom. The van der Waals surface area contributed by atoms with Crippen LogP contribution >= 0.6 is 11.6 Å². The van der Waals surface area contributed by atoms with E-state index in [1.165, 1.54) is 4.68 Å². The highest BCUT2D eigenvalue weighted by atomic mass is 35.5.